The summed E-state index contributed by atoms with van der Waals surface area (Å²) in [5.74, 6) is 1.65. The van der Waals surface area contributed by atoms with Gasteiger partial charge in [0.15, 0.2) is 0 Å². The molecule has 0 bridgehead atoms. The van der Waals surface area contributed by atoms with Gasteiger partial charge < -0.3 is 15.2 Å². The number of nitrogens with two attached hydrogens (primary N) is 1. The van der Waals surface area contributed by atoms with Gasteiger partial charge in [0, 0.05) is 6.04 Å². The van der Waals surface area contributed by atoms with Crippen molar-refractivity contribution in [1.29, 1.82) is 0 Å². The maximum atomic E-state index is 5.81. The Labute approximate surface area is 127 Å². The highest BCUT2D eigenvalue weighted by molar-refractivity contribution is 9.10. The fourth-order valence-corrected chi connectivity index (χ4v) is 2.42. The van der Waals surface area contributed by atoms with Gasteiger partial charge in [-0.3, -0.25) is 0 Å². The number of benzene rings is 2. The van der Waals surface area contributed by atoms with Crippen LogP contribution in [0.15, 0.2) is 46.9 Å². The Morgan fingerprint density at radius 2 is 1.85 bits per heavy atom. The zero-order valence-corrected chi connectivity index (χ0v) is 13.2. The van der Waals surface area contributed by atoms with Crippen LogP contribution in [0.3, 0.4) is 0 Å². The third-order valence-corrected chi connectivity index (χ3v) is 3.65. The maximum absolute atomic E-state index is 5.81. The number of hydrogen-bond acceptors (Lipinski definition) is 3. The maximum Gasteiger partial charge on any atom is 0.133 e. The minimum absolute atomic E-state index is 0.0431. The van der Waals surface area contributed by atoms with Crippen molar-refractivity contribution in [3.05, 3.63) is 58.1 Å². The van der Waals surface area contributed by atoms with Crippen LogP contribution in [-0.2, 0) is 6.61 Å². The van der Waals surface area contributed by atoms with Crippen molar-refractivity contribution in [3.63, 3.8) is 0 Å². The molecule has 0 aliphatic carbocycles. The van der Waals surface area contributed by atoms with E-state index in [9.17, 15) is 0 Å². The second-order valence-electron chi connectivity index (χ2n) is 4.62. The Bertz CT molecular complexity index is 567. The largest absolute Gasteiger partial charge is 0.496 e. The summed E-state index contributed by atoms with van der Waals surface area (Å²) < 4.78 is 11.9. The highest BCUT2D eigenvalue weighted by Crippen LogP contribution is 2.26. The van der Waals surface area contributed by atoms with Crippen molar-refractivity contribution in [2.45, 2.75) is 19.6 Å². The number of rotatable bonds is 5. The monoisotopic (exact) mass is 335 g/mol. The van der Waals surface area contributed by atoms with Crippen LogP contribution in [0.25, 0.3) is 0 Å². The number of ether oxygens (including phenoxy) is 2. The molecule has 0 aliphatic rings. The van der Waals surface area contributed by atoms with E-state index in [2.05, 4.69) is 15.9 Å². The molecular weight excluding hydrogens is 318 g/mol. The van der Waals surface area contributed by atoms with Gasteiger partial charge in [0.1, 0.15) is 18.1 Å². The summed E-state index contributed by atoms with van der Waals surface area (Å²) in [7, 11) is 1.65. The SMILES string of the molecule is COc1ccc(COc2ccc([C@@H](C)N)cc2)cc1Br. The Morgan fingerprint density at radius 3 is 2.40 bits per heavy atom. The molecule has 0 unspecified atom stereocenters. The molecule has 0 fully saturated rings. The van der Waals surface area contributed by atoms with Gasteiger partial charge in [0.25, 0.3) is 0 Å². The van der Waals surface area contributed by atoms with Crippen molar-refractivity contribution in [2.24, 2.45) is 5.73 Å². The molecule has 0 amide bonds. The van der Waals surface area contributed by atoms with Crippen LogP contribution in [0.2, 0.25) is 0 Å². The first-order chi connectivity index (χ1) is 9.60. The molecule has 0 saturated heterocycles. The topological polar surface area (TPSA) is 44.5 Å². The van der Waals surface area contributed by atoms with Gasteiger partial charge in [-0.15, -0.1) is 0 Å². The van der Waals surface area contributed by atoms with E-state index in [-0.39, 0.29) is 6.04 Å². The highest BCUT2D eigenvalue weighted by atomic mass is 79.9. The fraction of sp³-hybridized carbons (Fsp3) is 0.250. The van der Waals surface area contributed by atoms with Crippen molar-refractivity contribution in [1.82, 2.24) is 0 Å². The summed E-state index contributed by atoms with van der Waals surface area (Å²) in [6.07, 6.45) is 0. The molecule has 0 aromatic heterocycles. The number of hydrogen-bond donors (Lipinski definition) is 1. The van der Waals surface area contributed by atoms with Crippen LogP contribution in [0.4, 0.5) is 0 Å². The van der Waals surface area contributed by atoms with Gasteiger partial charge in [-0.1, -0.05) is 18.2 Å². The first kappa shape index (κ1) is 14.9. The predicted octanol–water partition coefficient (Wildman–Crippen LogP) is 4.06. The van der Waals surface area contributed by atoms with Crippen LogP contribution in [-0.4, -0.2) is 7.11 Å². The normalized spacial score (nSPS) is 12.0. The van der Waals surface area contributed by atoms with Crippen LogP contribution in [0.1, 0.15) is 24.1 Å². The molecule has 0 radical (unpaired) electrons. The summed E-state index contributed by atoms with van der Waals surface area (Å²) in [5.41, 5.74) is 7.99. The molecular formula is C16H18BrNO2. The van der Waals surface area contributed by atoms with Crippen LogP contribution >= 0.6 is 15.9 Å². The standard InChI is InChI=1S/C16H18BrNO2/c1-11(18)13-4-6-14(7-5-13)20-10-12-3-8-16(19-2)15(17)9-12/h3-9,11H,10,18H2,1-2H3/t11-/m1/s1. The third kappa shape index (κ3) is 3.74. The number of methoxy groups -OCH3 is 1. The summed E-state index contributed by atoms with van der Waals surface area (Å²) >= 11 is 3.46. The summed E-state index contributed by atoms with van der Waals surface area (Å²) in [6, 6.07) is 13.8. The summed E-state index contributed by atoms with van der Waals surface area (Å²) in [4.78, 5) is 0. The van der Waals surface area contributed by atoms with E-state index in [4.69, 9.17) is 15.2 Å². The molecule has 106 valence electrons. The van der Waals surface area contributed by atoms with E-state index in [1.54, 1.807) is 7.11 Å². The van der Waals surface area contributed by atoms with Crippen LogP contribution in [0.5, 0.6) is 11.5 Å². The van der Waals surface area contributed by atoms with Gasteiger partial charge >= 0.3 is 0 Å². The molecule has 0 saturated carbocycles. The Kier molecular flexibility index (Phi) is 5.04. The second kappa shape index (κ2) is 6.77. The van der Waals surface area contributed by atoms with Crippen LogP contribution in [0, 0.1) is 0 Å². The van der Waals surface area contributed by atoms with Crippen molar-refractivity contribution < 1.29 is 9.47 Å². The lowest BCUT2D eigenvalue weighted by Gasteiger charge is -2.10. The summed E-state index contributed by atoms with van der Waals surface area (Å²) in [5, 5.41) is 0. The predicted molar refractivity (Wildman–Crippen MR) is 84.1 cm³/mol. The zero-order chi connectivity index (χ0) is 14.5. The molecule has 20 heavy (non-hydrogen) atoms. The Hall–Kier alpha value is -1.52. The molecule has 2 aromatic rings. The Balaban J connectivity index is 1.99. The van der Waals surface area contributed by atoms with E-state index >= 15 is 0 Å². The molecule has 0 spiro atoms. The molecule has 2 N–H and O–H groups in total. The first-order valence-corrected chi connectivity index (χ1v) is 7.20. The lowest BCUT2D eigenvalue weighted by molar-refractivity contribution is 0.305. The van der Waals surface area contributed by atoms with E-state index in [0.717, 1.165) is 27.1 Å². The zero-order valence-electron chi connectivity index (χ0n) is 11.6. The second-order valence-corrected chi connectivity index (χ2v) is 5.47. The molecule has 2 rings (SSSR count). The van der Waals surface area contributed by atoms with E-state index < -0.39 is 0 Å². The van der Waals surface area contributed by atoms with Gasteiger partial charge in [-0.2, -0.15) is 0 Å². The average molecular weight is 336 g/mol. The quantitative estimate of drug-likeness (QED) is 0.896. The average Bonchev–Trinajstić information content (AvgIpc) is 2.45. The summed E-state index contributed by atoms with van der Waals surface area (Å²) in [6.45, 7) is 2.48. The van der Waals surface area contributed by atoms with Crippen LogP contribution < -0.4 is 15.2 Å². The lowest BCUT2D eigenvalue weighted by Crippen LogP contribution is -2.04. The minimum atomic E-state index is 0.0431. The minimum Gasteiger partial charge on any atom is -0.496 e. The van der Waals surface area contributed by atoms with Crippen molar-refractivity contribution in [3.8, 4) is 11.5 Å². The van der Waals surface area contributed by atoms with Crippen molar-refractivity contribution in [2.75, 3.05) is 7.11 Å². The smallest absolute Gasteiger partial charge is 0.133 e. The fourth-order valence-electron chi connectivity index (χ4n) is 1.83. The van der Waals surface area contributed by atoms with Gasteiger partial charge in [0.2, 0.25) is 0 Å². The van der Waals surface area contributed by atoms with Gasteiger partial charge in [-0.05, 0) is 58.2 Å². The van der Waals surface area contributed by atoms with Gasteiger partial charge in [0.05, 0.1) is 11.6 Å². The van der Waals surface area contributed by atoms with E-state index in [1.165, 1.54) is 0 Å². The molecule has 2 aromatic carbocycles. The molecule has 4 heteroatoms. The Morgan fingerprint density at radius 1 is 1.15 bits per heavy atom. The van der Waals surface area contributed by atoms with E-state index in [1.807, 2.05) is 49.4 Å². The molecule has 0 heterocycles. The van der Waals surface area contributed by atoms with Crippen molar-refractivity contribution >= 4 is 15.9 Å². The molecule has 3 nitrogen and oxygen atoms in total. The number of halogens is 1. The van der Waals surface area contributed by atoms with Gasteiger partial charge in [-0.25, -0.2) is 0 Å². The highest BCUT2D eigenvalue weighted by Gasteiger charge is 2.03. The first-order valence-electron chi connectivity index (χ1n) is 6.41. The molecule has 1 atom stereocenters. The third-order valence-electron chi connectivity index (χ3n) is 3.03. The lowest BCUT2D eigenvalue weighted by atomic mass is 10.1. The van der Waals surface area contributed by atoms with E-state index in [0.29, 0.717) is 6.61 Å². The molecule has 0 aliphatic heterocycles.